The summed E-state index contributed by atoms with van der Waals surface area (Å²) < 4.78 is 10.4. The second-order valence-electron chi connectivity index (χ2n) is 3.38. The first-order valence-corrected chi connectivity index (χ1v) is 6.10. The normalized spacial score (nSPS) is 12.4. The maximum atomic E-state index is 8.56. The first kappa shape index (κ1) is 13.3. The Morgan fingerprint density at radius 2 is 1.75 bits per heavy atom. The smallest absolute Gasteiger partial charge is 0.304 e. The van der Waals surface area contributed by atoms with Crippen LogP contribution in [0.25, 0.3) is 0 Å². The molecule has 0 bridgehead atoms. The average Bonchev–Trinajstić information content (AvgIpc) is 2.23. The lowest BCUT2D eigenvalue weighted by molar-refractivity contribution is -0.316. The molecule has 0 saturated heterocycles. The second kappa shape index (κ2) is 6.74. The van der Waals surface area contributed by atoms with E-state index < -0.39 is 16.0 Å². The minimum absolute atomic E-state index is 0.0739. The Balaban J connectivity index is 2.01. The van der Waals surface area contributed by atoms with Gasteiger partial charge in [0.1, 0.15) is 0 Å². The van der Waals surface area contributed by atoms with Crippen LogP contribution in [0.15, 0.2) is 30.3 Å². The summed E-state index contributed by atoms with van der Waals surface area (Å²) in [6.45, 7) is 0.570. The zero-order valence-electron chi connectivity index (χ0n) is 8.87. The summed E-state index contributed by atoms with van der Waals surface area (Å²) in [6.07, 6.45) is -0.241. The molecule has 0 saturated carbocycles. The van der Waals surface area contributed by atoms with Crippen LogP contribution < -0.4 is 0 Å². The molecule has 3 N–H and O–H groups in total. The van der Waals surface area contributed by atoms with Gasteiger partial charge in [-0.15, -0.1) is 0 Å². The van der Waals surface area contributed by atoms with Crippen LogP contribution in [-0.2, 0) is 15.5 Å². The van der Waals surface area contributed by atoms with E-state index in [-0.39, 0.29) is 13.0 Å². The van der Waals surface area contributed by atoms with Crippen LogP contribution in [0.3, 0.4) is 0 Å². The third kappa shape index (κ3) is 6.67. The summed E-state index contributed by atoms with van der Waals surface area (Å²) in [6, 6.07) is 9.70. The Kier molecular flexibility index (Phi) is 5.60. The Bertz CT molecular complexity index is 285. The van der Waals surface area contributed by atoms with Crippen LogP contribution >= 0.6 is 0 Å². The van der Waals surface area contributed by atoms with Crippen molar-refractivity contribution < 1.29 is 24.2 Å². The molecule has 16 heavy (non-hydrogen) atoms. The summed E-state index contributed by atoms with van der Waals surface area (Å²) >= 11 is 0. The van der Waals surface area contributed by atoms with Gasteiger partial charge in [-0.25, -0.2) is 0 Å². The van der Waals surface area contributed by atoms with E-state index in [0.29, 0.717) is 6.61 Å². The molecule has 1 aromatic carbocycles. The van der Waals surface area contributed by atoms with Gasteiger partial charge < -0.3 is 24.2 Å². The quantitative estimate of drug-likeness (QED) is 0.334. The molecule has 0 radical (unpaired) electrons. The van der Waals surface area contributed by atoms with Crippen molar-refractivity contribution in [3.8, 4) is 0 Å². The fourth-order valence-electron chi connectivity index (χ4n) is 1.06. The van der Waals surface area contributed by atoms with Gasteiger partial charge >= 0.3 is 10.0 Å². The van der Waals surface area contributed by atoms with Gasteiger partial charge in [-0.2, -0.15) is 0 Å². The molecule has 0 aromatic heterocycles. The molecule has 0 amide bonds. The summed E-state index contributed by atoms with van der Waals surface area (Å²) in [7, 11) is -1.13. The van der Waals surface area contributed by atoms with Crippen molar-refractivity contribution in [2.45, 2.75) is 19.0 Å². The van der Waals surface area contributed by atoms with Crippen LogP contribution in [0, 0.1) is 0 Å². The molecule has 0 fully saturated rings. The fourth-order valence-corrected chi connectivity index (χ4v) is 1.76. The Morgan fingerprint density at radius 1 is 1.06 bits per heavy atom. The second-order valence-corrected chi connectivity index (χ2v) is 4.44. The van der Waals surface area contributed by atoms with Crippen molar-refractivity contribution in [3.63, 3.8) is 0 Å². The number of hydrogen-bond acceptors (Lipinski definition) is 5. The van der Waals surface area contributed by atoms with Crippen LogP contribution in [0.1, 0.15) is 12.0 Å². The molecule has 6 heteroatoms. The molecule has 5 nitrogen and oxygen atoms in total. The van der Waals surface area contributed by atoms with E-state index in [2.05, 4.69) is 0 Å². The minimum atomic E-state index is -2.65. The number of rotatable bonds is 7. The lowest BCUT2D eigenvalue weighted by Gasteiger charge is -2.13. The molecule has 0 aliphatic rings. The molecule has 90 valence electrons. The lowest BCUT2D eigenvalue weighted by atomic mass is 10.2. The Hall–Kier alpha value is -0.763. The SMILES string of the molecule is OC(O)(O)CCO[SiH2]OCc1ccccc1. The summed E-state index contributed by atoms with van der Waals surface area (Å²) in [4.78, 5) is 0. The highest BCUT2D eigenvalue weighted by Crippen LogP contribution is 2.01. The zero-order chi connectivity index (χ0) is 11.9. The highest BCUT2D eigenvalue weighted by molar-refractivity contribution is 6.17. The van der Waals surface area contributed by atoms with Gasteiger partial charge in [-0.05, 0) is 5.56 Å². The molecule has 0 atom stereocenters. The van der Waals surface area contributed by atoms with E-state index in [1.165, 1.54) is 0 Å². The van der Waals surface area contributed by atoms with Crippen molar-refractivity contribution in [2.75, 3.05) is 6.61 Å². The van der Waals surface area contributed by atoms with E-state index >= 15 is 0 Å². The lowest BCUT2D eigenvalue weighted by Crippen LogP contribution is -2.29. The molecular weight excluding hydrogens is 228 g/mol. The third-order valence-electron chi connectivity index (χ3n) is 1.86. The summed E-state index contributed by atoms with van der Waals surface area (Å²) in [5, 5.41) is 25.7. The Labute approximate surface area is 96.3 Å². The highest BCUT2D eigenvalue weighted by atomic mass is 28.3. The van der Waals surface area contributed by atoms with E-state index in [0.717, 1.165) is 5.56 Å². The summed E-state index contributed by atoms with van der Waals surface area (Å²) in [5.41, 5.74) is 1.07. The van der Waals surface area contributed by atoms with E-state index in [4.69, 9.17) is 24.2 Å². The van der Waals surface area contributed by atoms with Gasteiger partial charge in [0.25, 0.3) is 5.97 Å². The largest absolute Gasteiger partial charge is 0.399 e. The minimum Gasteiger partial charge on any atom is -0.399 e. The first-order valence-electron chi connectivity index (χ1n) is 4.94. The van der Waals surface area contributed by atoms with Gasteiger partial charge in [-0.3, -0.25) is 0 Å². The third-order valence-corrected chi connectivity index (χ3v) is 2.69. The van der Waals surface area contributed by atoms with E-state index in [1.54, 1.807) is 0 Å². The number of aliphatic hydroxyl groups is 3. The average molecular weight is 244 g/mol. The van der Waals surface area contributed by atoms with Gasteiger partial charge in [0.05, 0.1) is 13.0 Å². The molecule has 0 aliphatic heterocycles. The molecular formula is C10H16O5Si. The van der Waals surface area contributed by atoms with Crippen molar-refractivity contribution >= 4 is 10.0 Å². The topological polar surface area (TPSA) is 79.2 Å². The van der Waals surface area contributed by atoms with Crippen molar-refractivity contribution in [1.82, 2.24) is 0 Å². The Morgan fingerprint density at radius 3 is 2.38 bits per heavy atom. The summed E-state index contributed by atoms with van der Waals surface area (Å²) in [5.74, 6) is -2.65. The van der Waals surface area contributed by atoms with Gasteiger partial charge in [0.15, 0.2) is 0 Å². The molecule has 1 rings (SSSR count). The molecule has 0 aliphatic carbocycles. The molecule has 0 heterocycles. The standard InChI is InChI=1S/C10H16O5Si/c11-10(12,13)6-7-14-16-15-8-9-4-2-1-3-5-9/h1-5,11-13H,6-8,16H2. The monoisotopic (exact) mass is 244 g/mol. The predicted octanol–water partition coefficient (Wildman–Crippen LogP) is -0.761. The molecule has 0 spiro atoms. The number of benzene rings is 1. The first-order chi connectivity index (χ1) is 7.58. The van der Waals surface area contributed by atoms with Gasteiger partial charge in [-0.1, -0.05) is 30.3 Å². The van der Waals surface area contributed by atoms with Gasteiger partial charge in [0.2, 0.25) is 0 Å². The van der Waals surface area contributed by atoms with Crippen molar-refractivity contribution in [3.05, 3.63) is 35.9 Å². The maximum Gasteiger partial charge on any atom is 0.304 e. The van der Waals surface area contributed by atoms with E-state index in [1.807, 2.05) is 30.3 Å². The van der Waals surface area contributed by atoms with Crippen LogP contribution in [0.4, 0.5) is 0 Å². The maximum absolute atomic E-state index is 8.56. The fraction of sp³-hybridized carbons (Fsp3) is 0.400. The van der Waals surface area contributed by atoms with Crippen molar-refractivity contribution in [1.29, 1.82) is 0 Å². The molecule has 0 unspecified atom stereocenters. The van der Waals surface area contributed by atoms with E-state index in [9.17, 15) is 0 Å². The predicted molar refractivity (Wildman–Crippen MR) is 59.7 cm³/mol. The van der Waals surface area contributed by atoms with Crippen LogP contribution in [0.2, 0.25) is 0 Å². The van der Waals surface area contributed by atoms with Crippen molar-refractivity contribution in [2.24, 2.45) is 0 Å². The zero-order valence-corrected chi connectivity index (χ0v) is 10.3. The highest BCUT2D eigenvalue weighted by Gasteiger charge is 2.16. The molecule has 1 aromatic rings. The van der Waals surface area contributed by atoms with Crippen LogP contribution in [-0.4, -0.2) is 37.9 Å². The van der Waals surface area contributed by atoms with Crippen LogP contribution in [0.5, 0.6) is 0 Å². The van der Waals surface area contributed by atoms with Gasteiger partial charge in [0, 0.05) is 6.61 Å². The number of hydrogen-bond donors (Lipinski definition) is 3.